The van der Waals surface area contributed by atoms with Crippen LogP contribution in [-0.4, -0.2) is 6.21 Å². The first-order valence-corrected chi connectivity index (χ1v) is 1.67. The number of nitrogens with zero attached hydrogens (tertiary/aromatic N) is 1. The minimum absolute atomic E-state index is 1.46. The zero-order valence-electron chi connectivity index (χ0n) is 3.59. The molecule has 0 aliphatic rings. The predicted octanol–water partition coefficient (Wildman–Crippen LogP) is 1.39. The Balaban J connectivity index is 3.17. The van der Waals surface area contributed by atoms with E-state index in [9.17, 15) is 0 Å². The molecule has 0 aliphatic heterocycles. The molecule has 1 nitrogen and oxygen atoms in total. The van der Waals surface area contributed by atoms with Gasteiger partial charge in [-0.25, -0.2) is 0 Å². The van der Waals surface area contributed by atoms with Crippen LogP contribution in [0.5, 0.6) is 0 Å². The van der Waals surface area contributed by atoms with E-state index in [1.54, 1.807) is 12.3 Å². The summed E-state index contributed by atoms with van der Waals surface area (Å²) in [5.41, 5.74) is 0. The van der Waals surface area contributed by atoms with Crippen molar-refractivity contribution in [3.63, 3.8) is 0 Å². The van der Waals surface area contributed by atoms with E-state index < -0.39 is 0 Å². The highest BCUT2D eigenvalue weighted by Crippen LogP contribution is 1.61. The topological polar surface area (TPSA) is 12.4 Å². The second-order valence-corrected chi connectivity index (χ2v) is 0.716. The summed E-state index contributed by atoms with van der Waals surface area (Å²) in [7, 11) is 0. The number of rotatable bonds is 2. The zero-order valence-corrected chi connectivity index (χ0v) is 3.59. The Hall–Kier alpha value is -0.850. The third-order valence-electron chi connectivity index (χ3n) is 0.297. The summed E-state index contributed by atoms with van der Waals surface area (Å²) in [4.78, 5) is 3.61. The summed E-state index contributed by atoms with van der Waals surface area (Å²) in [5, 5.41) is 0. The predicted molar refractivity (Wildman–Crippen MR) is 28.9 cm³/mol. The molecule has 0 rings (SSSR count). The smallest absolute Gasteiger partial charge is 0.0261 e. The highest BCUT2D eigenvalue weighted by molar-refractivity contribution is 5.70. The molecule has 0 saturated heterocycles. The lowest BCUT2D eigenvalue weighted by Crippen LogP contribution is -1.52. The Morgan fingerprint density at radius 3 is 2.17 bits per heavy atom. The highest BCUT2D eigenvalue weighted by atomic mass is 14.6. The minimum Gasteiger partial charge on any atom is -0.265 e. The fourth-order valence-electron chi connectivity index (χ4n) is 0.122. The summed E-state index contributed by atoms with van der Waals surface area (Å²) >= 11 is 0. The second-order valence-electron chi connectivity index (χ2n) is 0.716. The summed E-state index contributed by atoms with van der Waals surface area (Å²) in [6.45, 7) is 6.75. The first-order chi connectivity index (χ1) is 2.91. The van der Waals surface area contributed by atoms with Crippen LogP contribution in [0.2, 0.25) is 0 Å². The van der Waals surface area contributed by atoms with E-state index in [1.807, 2.05) is 0 Å². The lowest BCUT2D eigenvalue weighted by Gasteiger charge is -1.62. The monoisotopic (exact) mass is 81.1 g/mol. The van der Waals surface area contributed by atoms with Gasteiger partial charge in [0.2, 0.25) is 0 Å². The Bertz CT molecular complexity index is 62.0. The minimum atomic E-state index is 1.46. The van der Waals surface area contributed by atoms with Gasteiger partial charge in [-0.05, 0) is 0 Å². The van der Waals surface area contributed by atoms with Crippen LogP contribution in [0.25, 0.3) is 0 Å². The first kappa shape index (κ1) is 5.15. The van der Waals surface area contributed by atoms with Crippen LogP contribution in [0.15, 0.2) is 30.4 Å². The molecule has 0 unspecified atom stereocenters. The molecule has 0 heterocycles. The Kier molecular flexibility index (Phi) is 3.56. The molecule has 1 heteroatoms. The quantitative estimate of drug-likeness (QED) is 0.445. The third kappa shape index (κ3) is 3.15. The van der Waals surface area contributed by atoms with Gasteiger partial charge in [0, 0.05) is 12.4 Å². The van der Waals surface area contributed by atoms with Gasteiger partial charge in [-0.15, -0.1) is 0 Å². The molecule has 0 atom stereocenters. The number of aliphatic imine (C=N–C) groups is 1. The Morgan fingerprint density at radius 1 is 1.33 bits per heavy atom. The van der Waals surface area contributed by atoms with E-state index in [1.165, 1.54) is 6.20 Å². The largest absolute Gasteiger partial charge is 0.265 e. The fourth-order valence-corrected chi connectivity index (χ4v) is 0.122. The van der Waals surface area contributed by atoms with Crippen molar-refractivity contribution in [2.45, 2.75) is 0 Å². The molecule has 32 valence electrons. The molecule has 0 aliphatic carbocycles. The van der Waals surface area contributed by atoms with E-state index >= 15 is 0 Å². The van der Waals surface area contributed by atoms with Crippen molar-refractivity contribution in [2.75, 3.05) is 0 Å². The van der Waals surface area contributed by atoms with Gasteiger partial charge in [0.15, 0.2) is 0 Å². The molecular formula is C5H7N. The summed E-state index contributed by atoms with van der Waals surface area (Å²) in [6, 6.07) is 0. The van der Waals surface area contributed by atoms with E-state index in [0.29, 0.717) is 0 Å². The number of hydrogen-bond acceptors (Lipinski definition) is 1. The van der Waals surface area contributed by atoms with Gasteiger partial charge >= 0.3 is 0 Å². The lowest BCUT2D eigenvalue weighted by atomic mass is 10.7. The average molecular weight is 81.1 g/mol. The van der Waals surface area contributed by atoms with Gasteiger partial charge in [0.05, 0.1) is 0 Å². The molecule has 0 amide bonds. The molecule has 0 aromatic rings. The van der Waals surface area contributed by atoms with E-state index in [0.717, 1.165) is 0 Å². The van der Waals surface area contributed by atoms with Crippen molar-refractivity contribution in [3.05, 3.63) is 25.4 Å². The maximum absolute atomic E-state index is 3.61. The third-order valence-corrected chi connectivity index (χ3v) is 0.297. The van der Waals surface area contributed by atoms with Crippen LogP contribution in [0.4, 0.5) is 0 Å². The summed E-state index contributed by atoms with van der Waals surface area (Å²) in [6.07, 6.45) is 4.64. The van der Waals surface area contributed by atoms with Crippen molar-refractivity contribution in [2.24, 2.45) is 4.99 Å². The normalized spacial score (nSPS) is 8.67. The second kappa shape index (κ2) is 4.15. The first-order valence-electron chi connectivity index (χ1n) is 1.67. The standard InChI is InChI=1S/C5H7N/c1-3-5-6-4-2/h3-5H,1-2H2/b6-5-. The van der Waals surface area contributed by atoms with Crippen LogP contribution in [0, 0.1) is 0 Å². The molecule has 0 fully saturated rings. The molecule has 0 aromatic heterocycles. The van der Waals surface area contributed by atoms with Crippen LogP contribution < -0.4 is 0 Å². The van der Waals surface area contributed by atoms with Crippen molar-refractivity contribution in [1.29, 1.82) is 0 Å². The molecule has 0 bridgehead atoms. The summed E-state index contributed by atoms with van der Waals surface area (Å²) in [5.74, 6) is 0. The lowest BCUT2D eigenvalue weighted by molar-refractivity contribution is 1.63. The molecule has 0 N–H and O–H groups in total. The van der Waals surface area contributed by atoms with E-state index in [-0.39, 0.29) is 0 Å². The highest BCUT2D eigenvalue weighted by Gasteiger charge is 1.47. The van der Waals surface area contributed by atoms with Crippen LogP contribution in [0.1, 0.15) is 0 Å². The van der Waals surface area contributed by atoms with Crippen molar-refractivity contribution in [1.82, 2.24) is 0 Å². The molecule has 0 spiro atoms. The van der Waals surface area contributed by atoms with Gasteiger partial charge in [0.1, 0.15) is 0 Å². The molecule has 0 saturated carbocycles. The molecular weight excluding hydrogens is 74.1 g/mol. The van der Waals surface area contributed by atoms with Gasteiger partial charge in [-0.2, -0.15) is 0 Å². The Labute approximate surface area is 37.7 Å². The average Bonchev–Trinajstić information content (AvgIpc) is 1.61. The molecule has 6 heavy (non-hydrogen) atoms. The summed E-state index contributed by atoms with van der Waals surface area (Å²) < 4.78 is 0. The Morgan fingerprint density at radius 2 is 2.00 bits per heavy atom. The van der Waals surface area contributed by atoms with Crippen LogP contribution >= 0.6 is 0 Å². The van der Waals surface area contributed by atoms with Crippen LogP contribution in [-0.2, 0) is 0 Å². The van der Waals surface area contributed by atoms with Gasteiger partial charge in [-0.3, -0.25) is 4.99 Å². The maximum Gasteiger partial charge on any atom is 0.0261 e. The van der Waals surface area contributed by atoms with Crippen molar-refractivity contribution < 1.29 is 0 Å². The van der Waals surface area contributed by atoms with Gasteiger partial charge in [-0.1, -0.05) is 19.2 Å². The van der Waals surface area contributed by atoms with E-state index in [2.05, 4.69) is 18.2 Å². The molecule has 0 aromatic carbocycles. The molecule has 0 radical (unpaired) electrons. The fraction of sp³-hybridized carbons (Fsp3) is 0. The van der Waals surface area contributed by atoms with Crippen molar-refractivity contribution in [3.8, 4) is 0 Å². The van der Waals surface area contributed by atoms with Gasteiger partial charge in [0.25, 0.3) is 0 Å². The van der Waals surface area contributed by atoms with Gasteiger partial charge < -0.3 is 0 Å². The maximum atomic E-state index is 3.61. The zero-order chi connectivity index (χ0) is 4.83. The van der Waals surface area contributed by atoms with Crippen molar-refractivity contribution >= 4 is 6.21 Å². The SMILES string of the molecule is C=C/C=N\C=C. The number of allylic oxidation sites excluding steroid dienone is 1. The number of hydrogen-bond donors (Lipinski definition) is 0. The van der Waals surface area contributed by atoms with Crippen LogP contribution in [0.3, 0.4) is 0 Å². The van der Waals surface area contributed by atoms with E-state index in [4.69, 9.17) is 0 Å².